The molecule has 0 radical (unpaired) electrons. The Morgan fingerprint density at radius 1 is 0.960 bits per heavy atom. The average Bonchev–Trinajstić information content (AvgIpc) is 2.51. The number of hydrogen-bond acceptors (Lipinski definition) is 4. The molecule has 0 unspecified atom stereocenters. The van der Waals surface area contributed by atoms with Crippen LogP contribution in [0.1, 0.15) is 44.7 Å². The lowest BCUT2D eigenvalue weighted by molar-refractivity contribution is -0.134. The number of phenolic OH excluding ortho intramolecular Hbond substituents is 2. The highest BCUT2D eigenvalue weighted by molar-refractivity contribution is 5.73. The van der Waals surface area contributed by atoms with Gasteiger partial charge in [-0.1, -0.05) is 45.1 Å². The van der Waals surface area contributed by atoms with Crippen molar-refractivity contribution in [1.82, 2.24) is 0 Å². The van der Waals surface area contributed by atoms with E-state index in [9.17, 15) is 15.0 Å². The van der Waals surface area contributed by atoms with Gasteiger partial charge in [0.25, 0.3) is 0 Å². The number of phenols is 2. The van der Waals surface area contributed by atoms with Crippen molar-refractivity contribution >= 4 is 18.1 Å². The van der Waals surface area contributed by atoms with Crippen LogP contribution in [-0.4, -0.2) is 16.2 Å². The first kappa shape index (κ1) is 18.6. The van der Waals surface area contributed by atoms with Gasteiger partial charge in [0.1, 0.15) is 17.2 Å². The van der Waals surface area contributed by atoms with E-state index >= 15 is 0 Å². The van der Waals surface area contributed by atoms with Gasteiger partial charge in [-0.25, -0.2) is 0 Å². The average molecular weight is 340 g/mol. The Morgan fingerprint density at radius 3 is 2.08 bits per heavy atom. The van der Waals surface area contributed by atoms with Crippen molar-refractivity contribution in [3.63, 3.8) is 0 Å². The molecule has 0 amide bonds. The molecule has 4 heteroatoms. The number of hydrogen-bond donors (Lipinski definition) is 2. The lowest BCUT2D eigenvalue weighted by Crippen LogP contribution is -2.13. The largest absolute Gasteiger partial charge is 0.508 e. The van der Waals surface area contributed by atoms with Crippen LogP contribution in [0, 0.1) is 5.41 Å². The van der Waals surface area contributed by atoms with Crippen molar-refractivity contribution in [3.05, 3.63) is 53.6 Å². The zero-order valence-corrected chi connectivity index (χ0v) is 14.8. The van der Waals surface area contributed by atoms with Crippen molar-refractivity contribution < 1.29 is 19.7 Å². The highest BCUT2D eigenvalue weighted by atomic mass is 16.5. The van der Waals surface area contributed by atoms with Gasteiger partial charge in [0, 0.05) is 12.5 Å². The molecule has 2 rings (SSSR count). The minimum atomic E-state index is -0.228. The molecule has 25 heavy (non-hydrogen) atoms. The predicted molar refractivity (Wildman–Crippen MR) is 99.5 cm³/mol. The van der Waals surface area contributed by atoms with Crippen LogP contribution in [0.5, 0.6) is 17.2 Å². The summed E-state index contributed by atoms with van der Waals surface area (Å²) in [5, 5.41) is 18.9. The number of benzene rings is 2. The monoisotopic (exact) mass is 340 g/mol. The lowest BCUT2D eigenvalue weighted by atomic mass is 9.91. The molecule has 2 aromatic rings. The third-order valence-electron chi connectivity index (χ3n) is 3.58. The molecule has 0 spiro atoms. The molecule has 2 aromatic carbocycles. The van der Waals surface area contributed by atoms with Gasteiger partial charge < -0.3 is 14.9 Å². The fourth-order valence-corrected chi connectivity index (χ4v) is 2.21. The van der Waals surface area contributed by atoms with Crippen molar-refractivity contribution in [2.75, 3.05) is 0 Å². The van der Waals surface area contributed by atoms with E-state index < -0.39 is 0 Å². The fourth-order valence-electron chi connectivity index (χ4n) is 2.21. The fraction of sp³-hybridized carbons (Fsp3) is 0.286. The van der Waals surface area contributed by atoms with Crippen LogP contribution in [0.3, 0.4) is 0 Å². The molecule has 0 aliphatic carbocycles. The summed E-state index contributed by atoms with van der Waals surface area (Å²) in [6, 6.07) is 11.6. The maximum absolute atomic E-state index is 11.8. The second-order valence-electron chi connectivity index (χ2n) is 7.22. The van der Waals surface area contributed by atoms with Crippen molar-refractivity contribution in [2.45, 2.75) is 33.6 Å². The molecule has 0 atom stereocenters. The SMILES string of the molecule is CC(C)(C)CCC(=O)Oc1ccc(/C=C/c2cc(O)cc(O)c2)cc1. The number of aromatic hydroxyl groups is 2. The van der Waals surface area contributed by atoms with Crippen molar-refractivity contribution in [2.24, 2.45) is 5.41 Å². The van der Waals surface area contributed by atoms with Gasteiger partial charge in [-0.05, 0) is 47.2 Å². The van der Waals surface area contributed by atoms with Gasteiger partial charge in [0.2, 0.25) is 0 Å². The van der Waals surface area contributed by atoms with E-state index in [0.29, 0.717) is 17.7 Å². The van der Waals surface area contributed by atoms with E-state index in [4.69, 9.17) is 4.74 Å². The Balaban J connectivity index is 1.95. The molecule has 0 saturated heterocycles. The zero-order valence-electron chi connectivity index (χ0n) is 14.8. The number of esters is 1. The summed E-state index contributed by atoms with van der Waals surface area (Å²) in [5.41, 5.74) is 1.71. The predicted octanol–water partition coefficient (Wildman–Crippen LogP) is 5.00. The normalized spacial score (nSPS) is 11.6. The molecule has 0 heterocycles. The molecule has 0 bridgehead atoms. The molecule has 0 aliphatic rings. The summed E-state index contributed by atoms with van der Waals surface area (Å²) in [4.78, 5) is 11.8. The second-order valence-corrected chi connectivity index (χ2v) is 7.22. The highest BCUT2D eigenvalue weighted by Crippen LogP contribution is 2.23. The van der Waals surface area contributed by atoms with Crippen LogP contribution in [0.15, 0.2) is 42.5 Å². The third kappa shape index (κ3) is 6.71. The topological polar surface area (TPSA) is 66.8 Å². The molecular weight excluding hydrogens is 316 g/mol. The maximum Gasteiger partial charge on any atom is 0.311 e. The van der Waals surface area contributed by atoms with E-state index in [1.54, 1.807) is 30.3 Å². The van der Waals surface area contributed by atoms with E-state index in [1.165, 1.54) is 6.07 Å². The van der Waals surface area contributed by atoms with E-state index in [0.717, 1.165) is 12.0 Å². The Hall–Kier alpha value is -2.75. The molecule has 0 aromatic heterocycles. The second kappa shape index (κ2) is 7.88. The van der Waals surface area contributed by atoms with Crippen LogP contribution in [0.25, 0.3) is 12.2 Å². The summed E-state index contributed by atoms with van der Waals surface area (Å²) in [6.07, 6.45) is 4.80. The summed E-state index contributed by atoms with van der Waals surface area (Å²) in [6.45, 7) is 6.27. The van der Waals surface area contributed by atoms with Crippen LogP contribution < -0.4 is 4.74 Å². The van der Waals surface area contributed by atoms with E-state index in [1.807, 2.05) is 18.2 Å². The lowest BCUT2D eigenvalue weighted by Gasteiger charge is -2.16. The van der Waals surface area contributed by atoms with Gasteiger partial charge in [-0.2, -0.15) is 0 Å². The molecule has 0 fully saturated rings. The first-order valence-electron chi connectivity index (χ1n) is 8.23. The summed E-state index contributed by atoms with van der Waals surface area (Å²) in [5.74, 6) is 0.314. The van der Waals surface area contributed by atoms with Crippen LogP contribution in [0.2, 0.25) is 0 Å². The Labute approximate surface area is 148 Å². The number of carbonyl (C=O) groups excluding carboxylic acids is 1. The molecule has 0 aliphatic heterocycles. The van der Waals surface area contributed by atoms with Crippen LogP contribution in [0.4, 0.5) is 0 Å². The quantitative estimate of drug-likeness (QED) is 0.457. The van der Waals surface area contributed by atoms with Crippen molar-refractivity contribution in [3.8, 4) is 17.2 Å². The Morgan fingerprint density at radius 2 is 1.52 bits per heavy atom. The maximum atomic E-state index is 11.8. The van der Waals surface area contributed by atoms with E-state index in [2.05, 4.69) is 20.8 Å². The number of ether oxygens (including phenoxy) is 1. The Kier molecular flexibility index (Phi) is 5.86. The summed E-state index contributed by atoms with van der Waals surface area (Å²) >= 11 is 0. The first-order chi connectivity index (χ1) is 11.7. The first-order valence-corrected chi connectivity index (χ1v) is 8.23. The standard InChI is InChI=1S/C21H24O4/c1-21(2,3)11-10-20(24)25-19-8-6-15(7-9-19)4-5-16-12-17(22)14-18(23)13-16/h4-9,12-14,22-23H,10-11H2,1-3H3/b5-4+. The van der Waals surface area contributed by atoms with Crippen LogP contribution in [-0.2, 0) is 4.79 Å². The molecular formula is C21H24O4. The number of rotatable bonds is 5. The van der Waals surface area contributed by atoms with Gasteiger partial charge in [-0.3, -0.25) is 4.79 Å². The zero-order chi connectivity index (χ0) is 18.4. The third-order valence-corrected chi connectivity index (χ3v) is 3.58. The minimum Gasteiger partial charge on any atom is -0.508 e. The minimum absolute atomic E-state index is 0.0113. The molecule has 2 N–H and O–H groups in total. The summed E-state index contributed by atoms with van der Waals surface area (Å²) < 4.78 is 5.33. The van der Waals surface area contributed by atoms with Crippen LogP contribution >= 0.6 is 0 Å². The Bertz CT molecular complexity index is 732. The smallest absolute Gasteiger partial charge is 0.311 e. The van der Waals surface area contributed by atoms with Gasteiger partial charge in [-0.15, -0.1) is 0 Å². The van der Waals surface area contributed by atoms with Gasteiger partial charge in [0.05, 0.1) is 0 Å². The van der Waals surface area contributed by atoms with Gasteiger partial charge in [0.15, 0.2) is 0 Å². The molecule has 132 valence electrons. The molecule has 0 saturated carbocycles. The highest BCUT2D eigenvalue weighted by Gasteiger charge is 2.14. The van der Waals surface area contributed by atoms with Gasteiger partial charge >= 0.3 is 5.97 Å². The van der Waals surface area contributed by atoms with E-state index in [-0.39, 0.29) is 22.9 Å². The summed E-state index contributed by atoms with van der Waals surface area (Å²) in [7, 11) is 0. The number of carbonyl (C=O) groups is 1. The molecule has 4 nitrogen and oxygen atoms in total. The van der Waals surface area contributed by atoms with Crippen molar-refractivity contribution in [1.29, 1.82) is 0 Å².